The Morgan fingerprint density at radius 2 is 1.35 bits per heavy atom. The third-order valence-electron chi connectivity index (χ3n) is 4.61. The summed E-state index contributed by atoms with van der Waals surface area (Å²) in [6.07, 6.45) is 6.11. The Kier molecular flexibility index (Phi) is 7.08. The zero-order chi connectivity index (χ0) is 13.7. The van der Waals surface area contributed by atoms with Crippen molar-refractivity contribution in [3.63, 3.8) is 0 Å². The molecule has 0 amide bonds. The smallest absolute Gasteiger partial charge is 1.00 e. The second-order valence-corrected chi connectivity index (χ2v) is 5.80. The van der Waals surface area contributed by atoms with E-state index in [9.17, 15) is 0 Å². The van der Waals surface area contributed by atoms with Crippen molar-refractivity contribution in [2.24, 2.45) is 0 Å². The molecule has 1 radical (unpaired) electrons. The molecule has 2 aromatic rings. The van der Waals surface area contributed by atoms with Gasteiger partial charge in [-0.25, -0.2) is 5.57 Å². The van der Waals surface area contributed by atoms with Crippen LogP contribution < -0.4 is 24.8 Å². The first-order valence-corrected chi connectivity index (χ1v) is 7.23. The fourth-order valence-corrected chi connectivity index (χ4v) is 3.65. The number of benzene rings is 2. The Morgan fingerprint density at radius 1 is 0.783 bits per heavy atom. The summed E-state index contributed by atoms with van der Waals surface area (Å²) in [5.41, 5.74) is 8.34. The van der Waals surface area contributed by atoms with Crippen molar-refractivity contribution >= 4 is 11.1 Å². The van der Waals surface area contributed by atoms with Gasteiger partial charge in [-0.2, -0.15) is 5.56 Å². The van der Waals surface area contributed by atoms with Gasteiger partial charge in [-0.1, -0.05) is 61.4 Å². The second kappa shape index (κ2) is 7.97. The van der Waals surface area contributed by atoms with Crippen LogP contribution in [0.5, 0.6) is 0 Å². The van der Waals surface area contributed by atoms with Gasteiger partial charge in [0.1, 0.15) is 0 Å². The Bertz CT molecular complexity index is 696. The summed E-state index contributed by atoms with van der Waals surface area (Å²) >= 11 is 0. The minimum absolute atomic E-state index is 0. The molecule has 2 aliphatic rings. The second-order valence-electron chi connectivity index (χ2n) is 5.80. The molecule has 115 valence electrons. The van der Waals surface area contributed by atoms with E-state index < -0.39 is 0 Å². The summed E-state index contributed by atoms with van der Waals surface area (Å²) in [6.45, 7) is 4.40. The molecule has 0 saturated heterocycles. The molecule has 0 fully saturated rings. The largest absolute Gasteiger partial charge is 3.00 e. The molecule has 3 heteroatoms. The van der Waals surface area contributed by atoms with Crippen molar-refractivity contribution in [2.75, 3.05) is 0 Å². The quantitative estimate of drug-likeness (QED) is 0.531. The van der Waals surface area contributed by atoms with E-state index in [1.165, 1.54) is 33.4 Å². The van der Waals surface area contributed by atoms with E-state index in [-0.39, 0.29) is 51.0 Å². The molecular weight excluding hydrogens is 402 g/mol. The van der Waals surface area contributed by atoms with E-state index in [4.69, 9.17) is 0 Å². The number of hydrogen-bond donors (Lipinski definition) is 0. The van der Waals surface area contributed by atoms with Crippen LogP contribution in [0.25, 0.3) is 11.1 Å². The standard InChI is InChI=1S/C20H17.2ClH.Zr/c1-13-11-19(17-9-5-3-7-15(13)17)20-12-14(2)16-8-4-6-10-18(16)20;;;/h3-11,19-20H,1-2H3;2*1H;/q-1;;;+3/p-2. The van der Waals surface area contributed by atoms with Crippen molar-refractivity contribution < 1.29 is 51.0 Å². The number of allylic oxidation sites excluding steroid dienone is 4. The third-order valence-corrected chi connectivity index (χ3v) is 4.61. The van der Waals surface area contributed by atoms with Crippen molar-refractivity contribution in [1.82, 2.24) is 0 Å². The normalized spacial score (nSPS) is 20.1. The zero-order valence-corrected chi connectivity index (χ0v) is 17.1. The maximum Gasteiger partial charge on any atom is 3.00 e. The monoisotopic (exact) mass is 417 g/mol. The van der Waals surface area contributed by atoms with E-state index in [0.717, 1.165) is 0 Å². The Morgan fingerprint density at radius 3 is 2.04 bits per heavy atom. The van der Waals surface area contributed by atoms with Gasteiger partial charge in [-0.3, -0.25) is 6.08 Å². The minimum Gasteiger partial charge on any atom is -1.00 e. The van der Waals surface area contributed by atoms with Crippen LogP contribution in [0, 0.1) is 6.08 Å². The summed E-state index contributed by atoms with van der Waals surface area (Å²) in [7, 11) is 0. The van der Waals surface area contributed by atoms with Gasteiger partial charge in [0, 0.05) is 0 Å². The van der Waals surface area contributed by atoms with E-state index in [2.05, 4.69) is 74.5 Å². The molecule has 0 N–H and O–H groups in total. The molecule has 4 rings (SSSR count). The Balaban J connectivity index is 0.000000882. The SMILES string of the molecule is CC1=[C-]C(C2C=C(C)c3ccccc32)c2ccccc21.[Cl-].[Cl-].[Zr+3]. The topological polar surface area (TPSA) is 0 Å². The first-order valence-electron chi connectivity index (χ1n) is 7.23. The summed E-state index contributed by atoms with van der Waals surface area (Å²) in [5, 5.41) is 0. The first kappa shape index (κ1) is 20.4. The molecular formula is C20H17Cl2Zr. The summed E-state index contributed by atoms with van der Waals surface area (Å²) in [4.78, 5) is 0. The van der Waals surface area contributed by atoms with Crippen LogP contribution in [0.3, 0.4) is 0 Å². The molecule has 0 saturated carbocycles. The van der Waals surface area contributed by atoms with E-state index >= 15 is 0 Å². The van der Waals surface area contributed by atoms with E-state index in [0.29, 0.717) is 11.8 Å². The average molecular weight is 419 g/mol. The van der Waals surface area contributed by atoms with Crippen molar-refractivity contribution in [3.05, 3.63) is 82.9 Å². The Hall–Kier alpha value is -0.617. The van der Waals surface area contributed by atoms with Gasteiger partial charge in [-0.05, 0) is 29.5 Å². The van der Waals surface area contributed by atoms with E-state index in [1.807, 2.05) is 0 Å². The number of fused-ring (bicyclic) bond motifs is 2. The molecule has 2 unspecified atom stereocenters. The predicted octanol–water partition coefficient (Wildman–Crippen LogP) is -0.804. The predicted molar refractivity (Wildman–Crippen MR) is 84.3 cm³/mol. The molecule has 2 aliphatic carbocycles. The molecule has 2 aromatic carbocycles. The fraction of sp³-hybridized carbons (Fsp3) is 0.200. The van der Waals surface area contributed by atoms with Gasteiger partial charge in [-0.15, -0.1) is 11.6 Å². The van der Waals surface area contributed by atoms with Crippen LogP contribution in [0.4, 0.5) is 0 Å². The number of halogens is 2. The third kappa shape index (κ3) is 3.29. The van der Waals surface area contributed by atoms with Crippen molar-refractivity contribution in [2.45, 2.75) is 25.7 Å². The maximum atomic E-state index is 3.69. The summed E-state index contributed by atoms with van der Waals surface area (Å²) in [5.74, 6) is 0.801. The number of hydrogen-bond acceptors (Lipinski definition) is 0. The van der Waals surface area contributed by atoms with Gasteiger partial charge in [0.05, 0.1) is 0 Å². The van der Waals surface area contributed by atoms with Crippen LogP contribution in [-0.2, 0) is 26.2 Å². The maximum absolute atomic E-state index is 3.69. The van der Waals surface area contributed by atoms with Crippen LogP contribution in [-0.4, -0.2) is 0 Å². The van der Waals surface area contributed by atoms with Crippen LogP contribution in [0.2, 0.25) is 0 Å². The molecule has 0 aliphatic heterocycles. The van der Waals surface area contributed by atoms with Crippen LogP contribution >= 0.6 is 0 Å². The van der Waals surface area contributed by atoms with Crippen molar-refractivity contribution in [1.29, 1.82) is 0 Å². The summed E-state index contributed by atoms with van der Waals surface area (Å²) in [6, 6.07) is 17.5. The first-order chi connectivity index (χ1) is 9.75. The minimum atomic E-state index is 0. The number of rotatable bonds is 1. The van der Waals surface area contributed by atoms with Crippen LogP contribution in [0.15, 0.2) is 54.6 Å². The van der Waals surface area contributed by atoms with Gasteiger partial charge in [0.15, 0.2) is 0 Å². The van der Waals surface area contributed by atoms with Gasteiger partial charge >= 0.3 is 26.2 Å². The fourth-order valence-electron chi connectivity index (χ4n) is 3.65. The van der Waals surface area contributed by atoms with Crippen molar-refractivity contribution in [3.8, 4) is 0 Å². The molecule has 0 nitrogen and oxygen atoms in total. The zero-order valence-electron chi connectivity index (χ0n) is 13.1. The van der Waals surface area contributed by atoms with Gasteiger partial charge in [0.25, 0.3) is 0 Å². The molecule has 0 spiro atoms. The Labute approximate surface area is 170 Å². The van der Waals surface area contributed by atoms with E-state index in [1.54, 1.807) is 0 Å². The molecule has 0 bridgehead atoms. The van der Waals surface area contributed by atoms with Crippen LogP contribution in [0.1, 0.15) is 47.9 Å². The van der Waals surface area contributed by atoms with Gasteiger partial charge in [0.2, 0.25) is 0 Å². The van der Waals surface area contributed by atoms with Gasteiger partial charge < -0.3 is 24.8 Å². The molecule has 0 aromatic heterocycles. The average Bonchev–Trinajstić information content (AvgIpc) is 2.99. The molecule has 2 atom stereocenters. The summed E-state index contributed by atoms with van der Waals surface area (Å²) < 4.78 is 0. The molecule has 23 heavy (non-hydrogen) atoms. The molecule has 0 heterocycles.